The number of alkyl halides is 3. The largest absolute Gasteiger partial charge is 0.411 e. The first kappa shape index (κ1) is 26.4. The van der Waals surface area contributed by atoms with E-state index in [4.69, 9.17) is 0 Å². The molecule has 160 valence electrons. The average Bonchev–Trinajstić information content (AvgIpc) is 2.61. The molecule has 0 aliphatic carbocycles. The van der Waals surface area contributed by atoms with Gasteiger partial charge in [0.05, 0.1) is 6.61 Å². The molecule has 0 radical (unpaired) electrons. The molecule has 6 nitrogen and oxygen atoms in total. The Labute approximate surface area is 180 Å². The third kappa shape index (κ3) is 12.0. The van der Waals surface area contributed by atoms with Crippen LogP contribution >= 0.6 is 24.0 Å². The Morgan fingerprint density at radius 1 is 1.07 bits per heavy atom. The van der Waals surface area contributed by atoms with E-state index in [0.29, 0.717) is 31.2 Å². The summed E-state index contributed by atoms with van der Waals surface area (Å²) in [7, 11) is 1.64. The first-order chi connectivity index (χ1) is 12.7. The van der Waals surface area contributed by atoms with Crippen molar-refractivity contribution >= 4 is 35.8 Å². The lowest BCUT2D eigenvalue weighted by atomic mass is 10.1. The van der Waals surface area contributed by atoms with Gasteiger partial charge in [-0.25, -0.2) is 0 Å². The van der Waals surface area contributed by atoms with Gasteiger partial charge in [-0.05, 0) is 11.1 Å². The van der Waals surface area contributed by atoms with Crippen molar-refractivity contribution in [2.75, 3.05) is 26.7 Å². The zero-order chi connectivity index (χ0) is 20.3. The van der Waals surface area contributed by atoms with Crippen molar-refractivity contribution in [2.24, 2.45) is 10.9 Å². The number of aliphatic imine (C=N–C) groups is 1. The Kier molecular flexibility index (Phi) is 12.8. The molecule has 0 aliphatic rings. The number of hydrogen-bond acceptors (Lipinski definition) is 3. The third-order valence-electron chi connectivity index (χ3n) is 3.48. The van der Waals surface area contributed by atoms with Crippen molar-refractivity contribution in [3.05, 3.63) is 35.4 Å². The predicted octanol–water partition coefficient (Wildman–Crippen LogP) is 2.82. The van der Waals surface area contributed by atoms with E-state index in [-0.39, 0.29) is 42.4 Å². The van der Waals surface area contributed by atoms with Crippen LogP contribution in [0.15, 0.2) is 29.3 Å². The Hall–Kier alpha value is -1.56. The van der Waals surface area contributed by atoms with Gasteiger partial charge >= 0.3 is 6.18 Å². The van der Waals surface area contributed by atoms with E-state index in [2.05, 4.69) is 25.7 Å². The topological polar surface area (TPSA) is 74.8 Å². The van der Waals surface area contributed by atoms with Gasteiger partial charge < -0.3 is 20.7 Å². The standard InChI is InChI=1S/C18H27F3N4O2.HI/c1-13(2)16(26)23-8-9-24-17(22-3)25-10-14-4-6-15(7-5-14)11-27-12-18(19,20)21;/h4-7,13H,8-12H2,1-3H3,(H,23,26)(H2,22,24,25);1H. The van der Waals surface area contributed by atoms with Crippen LogP contribution in [0.4, 0.5) is 13.2 Å². The molecule has 1 amide bonds. The molecule has 3 N–H and O–H groups in total. The van der Waals surface area contributed by atoms with E-state index < -0.39 is 12.8 Å². The Morgan fingerprint density at radius 2 is 1.64 bits per heavy atom. The normalized spacial score (nSPS) is 11.8. The summed E-state index contributed by atoms with van der Waals surface area (Å²) in [5.41, 5.74) is 1.62. The minimum atomic E-state index is -4.32. The Balaban J connectivity index is 0.00000729. The molecule has 1 aromatic carbocycles. The molecule has 28 heavy (non-hydrogen) atoms. The molecule has 0 saturated heterocycles. The summed E-state index contributed by atoms with van der Waals surface area (Å²) in [5, 5.41) is 9.01. The molecule has 0 atom stereocenters. The molecular formula is C18H28F3IN4O2. The van der Waals surface area contributed by atoms with Crippen molar-refractivity contribution in [3.8, 4) is 0 Å². The van der Waals surface area contributed by atoms with Crippen molar-refractivity contribution in [2.45, 2.75) is 33.2 Å². The molecule has 0 saturated carbocycles. The minimum absolute atomic E-state index is 0. The van der Waals surface area contributed by atoms with Crippen LogP contribution in [0.2, 0.25) is 0 Å². The number of rotatable bonds is 9. The fourth-order valence-corrected chi connectivity index (χ4v) is 2.02. The van der Waals surface area contributed by atoms with Crippen molar-refractivity contribution in [1.29, 1.82) is 0 Å². The monoisotopic (exact) mass is 516 g/mol. The number of halogens is 4. The maximum Gasteiger partial charge on any atom is 0.411 e. The summed E-state index contributed by atoms with van der Waals surface area (Å²) < 4.78 is 40.8. The SMILES string of the molecule is CN=C(NCCNC(=O)C(C)C)NCc1ccc(COCC(F)(F)F)cc1.I. The molecule has 0 aliphatic heterocycles. The molecule has 0 unspecified atom stereocenters. The number of nitrogens with one attached hydrogen (secondary N) is 3. The summed E-state index contributed by atoms with van der Waals surface area (Å²) in [5.74, 6) is 0.537. The second-order valence-corrected chi connectivity index (χ2v) is 6.22. The third-order valence-corrected chi connectivity index (χ3v) is 3.48. The smallest absolute Gasteiger partial charge is 0.367 e. The van der Waals surface area contributed by atoms with Gasteiger partial charge in [0.2, 0.25) is 5.91 Å². The maximum absolute atomic E-state index is 12.0. The van der Waals surface area contributed by atoms with Gasteiger partial charge in [-0.15, -0.1) is 24.0 Å². The van der Waals surface area contributed by atoms with Gasteiger partial charge in [0, 0.05) is 32.6 Å². The zero-order valence-corrected chi connectivity index (χ0v) is 18.6. The van der Waals surface area contributed by atoms with E-state index in [1.165, 1.54) is 0 Å². The molecule has 0 bridgehead atoms. The lowest BCUT2D eigenvalue weighted by Crippen LogP contribution is -2.41. The Morgan fingerprint density at radius 3 is 2.18 bits per heavy atom. The Bertz CT molecular complexity index is 608. The van der Waals surface area contributed by atoms with Gasteiger partial charge in [0.25, 0.3) is 0 Å². The molecule has 0 heterocycles. The summed E-state index contributed by atoms with van der Waals surface area (Å²) in [6, 6.07) is 7.08. The van der Waals surface area contributed by atoms with Crippen LogP contribution in [-0.2, 0) is 22.7 Å². The van der Waals surface area contributed by atoms with Crippen LogP contribution in [0, 0.1) is 5.92 Å². The van der Waals surface area contributed by atoms with Crippen LogP contribution in [0.5, 0.6) is 0 Å². The van der Waals surface area contributed by atoms with Gasteiger partial charge in [-0.2, -0.15) is 13.2 Å². The number of carbonyl (C=O) groups is 1. The lowest BCUT2D eigenvalue weighted by molar-refractivity contribution is -0.176. The van der Waals surface area contributed by atoms with E-state index in [1.54, 1.807) is 19.2 Å². The number of benzene rings is 1. The summed E-state index contributed by atoms with van der Waals surface area (Å²) in [4.78, 5) is 15.6. The molecule has 0 spiro atoms. The quantitative estimate of drug-likeness (QED) is 0.204. The van der Waals surface area contributed by atoms with Crippen molar-refractivity contribution < 1.29 is 22.7 Å². The summed E-state index contributed by atoms with van der Waals surface area (Å²) in [6.45, 7) is 3.85. The maximum atomic E-state index is 12.0. The van der Waals surface area contributed by atoms with E-state index >= 15 is 0 Å². The summed E-state index contributed by atoms with van der Waals surface area (Å²) in [6.07, 6.45) is -4.32. The molecule has 0 fully saturated rings. The molecule has 10 heteroatoms. The van der Waals surface area contributed by atoms with E-state index in [0.717, 1.165) is 5.56 Å². The second-order valence-electron chi connectivity index (χ2n) is 6.22. The minimum Gasteiger partial charge on any atom is -0.367 e. The van der Waals surface area contributed by atoms with Crippen LogP contribution in [0.1, 0.15) is 25.0 Å². The lowest BCUT2D eigenvalue weighted by Gasteiger charge is -2.13. The van der Waals surface area contributed by atoms with Crippen molar-refractivity contribution in [3.63, 3.8) is 0 Å². The molecule has 0 aromatic heterocycles. The van der Waals surface area contributed by atoms with Crippen LogP contribution in [0.3, 0.4) is 0 Å². The number of guanidine groups is 1. The van der Waals surface area contributed by atoms with Crippen LogP contribution in [-0.4, -0.2) is 44.8 Å². The predicted molar refractivity (Wildman–Crippen MR) is 114 cm³/mol. The molecule has 1 rings (SSSR count). The van der Waals surface area contributed by atoms with E-state index in [1.807, 2.05) is 26.0 Å². The van der Waals surface area contributed by atoms with Crippen LogP contribution < -0.4 is 16.0 Å². The average molecular weight is 516 g/mol. The number of carbonyl (C=O) groups excluding carboxylic acids is 1. The highest BCUT2D eigenvalue weighted by Gasteiger charge is 2.27. The van der Waals surface area contributed by atoms with Crippen LogP contribution in [0.25, 0.3) is 0 Å². The zero-order valence-electron chi connectivity index (χ0n) is 16.2. The number of nitrogens with zero attached hydrogens (tertiary/aromatic N) is 1. The number of ether oxygens (including phenoxy) is 1. The summed E-state index contributed by atoms with van der Waals surface area (Å²) >= 11 is 0. The highest BCUT2D eigenvalue weighted by Crippen LogP contribution is 2.15. The van der Waals surface area contributed by atoms with Gasteiger partial charge in [0.1, 0.15) is 6.61 Å². The fraction of sp³-hybridized carbons (Fsp3) is 0.556. The first-order valence-corrected chi connectivity index (χ1v) is 8.66. The fourth-order valence-electron chi connectivity index (χ4n) is 2.02. The highest BCUT2D eigenvalue weighted by atomic mass is 127. The van der Waals surface area contributed by atoms with Gasteiger partial charge in [0.15, 0.2) is 5.96 Å². The van der Waals surface area contributed by atoms with E-state index in [9.17, 15) is 18.0 Å². The molecular weight excluding hydrogens is 488 g/mol. The second kappa shape index (κ2) is 13.6. The first-order valence-electron chi connectivity index (χ1n) is 8.66. The number of amides is 1. The molecule has 1 aromatic rings. The van der Waals surface area contributed by atoms with Crippen molar-refractivity contribution in [1.82, 2.24) is 16.0 Å². The number of hydrogen-bond donors (Lipinski definition) is 3. The van der Waals surface area contributed by atoms with Gasteiger partial charge in [-0.1, -0.05) is 38.1 Å². The highest BCUT2D eigenvalue weighted by molar-refractivity contribution is 14.0. The van der Waals surface area contributed by atoms with Gasteiger partial charge in [-0.3, -0.25) is 9.79 Å².